The molecule has 0 bridgehead atoms. The average molecular weight is 351 g/mol. The fraction of sp³-hybridized carbons (Fsp3) is 0.833. The molecule has 0 aromatic carbocycles. The number of rotatable bonds is 4. The lowest BCUT2D eigenvalue weighted by atomic mass is 9.78. The van der Waals surface area contributed by atoms with E-state index in [1.165, 1.54) is 32.8 Å². The predicted octanol–water partition coefficient (Wildman–Crippen LogP) is 0.531. The van der Waals surface area contributed by atoms with Crippen molar-refractivity contribution in [3.63, 3.8) is 0 Å². The van der Waals surface area contributed by atoms with Crippen LogP contribution in [0.2, 0.25) is 0 Å². The summed E-state index contributed by atoms with van der Waals surface area (Å²) < 4.78 is 4.70. The third kappa shape index (κ3) is 4.14. The van der Waals surface area contributed by atoms with E-state index in [9.17, 15) is 14.4 Å². The van der Waals surface area contributed by atoms with E-state index in [1.54, 1.807) is 0 Å². The standard InChI is InChI=1S/C18H29N3O4/c1-25-17(23)11-15-18(24)19-8-10-20(15)12-16(22)21-9-4-6-13-5-2-3-7-14(13)21/h13-15H,2-12H2,1H3,(H,19,24). The van der Waals surface area contributed by atoms with Crippen LogP contribution in [-0.2, 0) is 19.1 Å². The number of carbonyl (C=O) groups is 3. The monoisotopic (exact) mass is 351 g/mol. The van der Waals surface area contributed by atoms with Gasteiger partial charge in [0, 0.05) is 25.7 Å². The molecular weight excluding hydrogens is 322 g/mol. The highest BCUT2D eigenvalue weighted by Gasteiger charge is 2.38. The maximum absolute atomic E-state index is 13.0. The molecule has 140 valence electrons. The van der Waals surface area contributed by atoms with Crippen LogP contribution >= 0.6 is 0 Å². The molecule has 3 atom stereocenters. The summed E-state index contributed by atoms with van der Waals surface area (Å²) in [4.78, 5) is 40.6. The number of likely N-dealkylation sites (tertiary alicyclic amines) is 1. The van der Waals surface area contributed by atoms with Crippen molar-refractivity contribution in [2.24, 2.45) is 5.92 Å². The van der Waals surface area contributed by atoms with Crippen LogP contribution in [0.5, 0.6) is 0 Å². The Morgan fingerprint density at radius 2 is 1.92 bits per heavy atom. The summed E-state index contributed by atoms with van der Waals surface area (Å²) in [6, 6.07) is -0.246. The molecule has 7 heteroatoms. The maximum atomic E-state index is 13.0. The van der Waals surface area contributed by atoms with Gasteiger partial charge in [-0.3, -0.25) is 19.3 Å². The van der Waals surface area contributed by atoms with Crippen LogP contribution in [0.1, 0.15) is 44.9 Å². The number of nitrogens with zero attached hydrogens (tertiary/aromatic N) is 2. The molecule has 3 aliphatic rings. The molecule has 25 heavy (non-hydrogen) atoms. The number of carbonyl (C=O) groups excluding carboxylic acids is 3. The Bertz CT molecular complexity index is 522. The van der Waals surface area contributed by atoms with E-state index in [0.29, 0.717) is 25.0 Å². The predicted molar refractivity (Wildman–Crippen MR) is 91.7 cm³/mol. The van der Waals surface area contributed by atoms with E-state index in [4.69, 9.17) is 4.74 Å². The van der Waals surface area contributed by atoms with Crippen molar-refractivity contribution in [3.05, 3.63) is 0 Å². The third-order valence-corrected chi connectivity index (χ3v) is 5.93. The molecule has 1 aliphatic carbocycles. The van der Waals surface area contributed by atoms with Gasteiger partial charge in [-0.1, -0.05) is 12.8 Å². The van der Waals surface area contributed by atoms with E-state index in [-0.39, 0.29) is 24.8 Å². The first kappa shape index (κ1) is 18.2. The van der Waals surface area contributed by atoms with Gasteiger partial charge in [0.2, 0.25) is 11.8 Å². The van der Waals surface area contributed by atoms with Crippen molar-refractivity contribution in [3.8, 4) is 0 Å². The Morgan fingerprint density at radius 1 is 1.16 bits per heavy atom. The fourth-order valence-electron chi connectivity index (χ4n) is 4.61. The molecule has 3 rings (SSSR count). The van der Waals surface area contributed by atoms with Gasteiger partial charge in [0.15, 0.2) is 0 Å². The Labute approximate surface area is 149 Å². The van der Waals surface area contributed by atoms with Crippen LogP contribution in [0.15, 0.2) is 0 Å². The highest BCUT2D eigenvalue weighted by Crippen LogP contribution is 2.35. The normalized spacial score (nSPS) is 30.4. The van der Waals surface area contributed by atoms with Gasteiger partial charge in [-0.2, -0.15) is 0 Å². The number of hydrogen-bond acceptors (Lipinski definition) is 5. The second kappa shape index (κ2) is 8.17. The number of amides is 2. The molecule has 7 nitrogen and oxygen atoms in total. The van der Waals surface area contributed by atoms with E-state index >= 15 is 0 Å². The minimum atomic E-state index is -0.614. The molecule has 0 spiro atoms. The largest absolute Gasteiger partial charge is 0.469 e. The number of piperidine rings is 1. The second-order valence-electron chi connectivity index (χ2n) is 7.40. The van der Waals surface area contributed by atoms with Crippen molar-refractivity contribution >= 4 is 17.8 Å². The van der Waals surface area contributed by atoms with Crippen molar-refractivity contribution in [2.45, 2.75) is 57.0 Å². The summed E-state index contributed by atoms with van der Waals surface area (Å²) in [5.74, 6) is 0.117. The fourth-order valence-corrected chi connectivity index (χ4v) is 4.61. The molecule has 0 aromatic rings. The number of ether oxygens (including phenoxy) is 1. The SMILES string of the molecule is COC(=O)CC1C(=O)NCCN1CC(=O)N1CCCC2CCCCC21. The van der Waals surface area contributed by atoms with E-state index in [1.807, 2.05) is 4.90 Å². The van der Waals surface area contributed by atoms with Gasteiger partial charge in [0.25, 0.3) is 0 Å². The molecule has 1 saturated carbocycles. The van der Waals surface area contributed by atoms with Crippen LogP contribution in [0, 0.1) is 5.92 Å². The molecule has 2 aliphatic heterocycles. The lowest BCUT2D eigenvalue weighted by Crippen LogP contribution is -2.59. The first-order valence-electron chi connectivity index (χ1n) is 9.48. The van der Waals surface area contributed by atoms with Crippen LogP contribution in [0.4, 0.5) is 0 Å². The molecule has 1 N–H and O–H groups in total. The Hall–Kier alpha value is -1.63. The summed E-state index contributed by atoms with van der Waals surface area (Å²) in [6.07, 6.45) is 7.08. The molecule has 0 aromatic heterocycles. The van der Waals surface area contributed by atoms with Crippen LogP contribution in [0.25, 0.3) is 0 Å². The molecule has 3 fully saturated rings. The Balaban J connectivity index is 1.65. The number of hydrogen-bond donors (Lipinski definition) is 1. The smallest absolute Gasteiger partial charge is 0.307 e. The Kier molecular flexibility index (Phi) is 5.93. The average Bonchev–Trinajstić information content (AvgIpc) is 2.63. The maximum Gasteiger partial charge on any atom is 0.307 e. The quantitative estimate of drug-likeness (QED) is 0.748. The third-order valence-electron chi connectivity index (χ3n) is 5.93. The van der Waals surface area contributed by atoms with Gasteiger partial charge in [-0.05, 0) is 31.6 Å². The van der Waals surface area contributed by atoms with Crippen LogP contribution < -0.4 is 5.32 Å². The Morgan fingerprint density at radius 3 is 2.72 bits per heavy atom. The summed E-state index contributed by atoms with van der Waals surface area (Å²) >= 11 is 0. The van der Waals surface area contributed by atoms with Crippen molar-refractivity contribution in [1.29, 1.82) is 0 Å². The molecular formula is C18H29N3O4. The topological polar surface area (TPSA) is 79.0 Å². The zero-order chi connectivity index (χ0) is 17.8. The highest BCUT2D eigenvalue weighted by atomic mass is 16.5. The van der Waals surface area contributed by atoms with E-state index < -0.39 is 12.0 Å². The summed E-state index contributed by atoms with van der Waals surface area (Å²) in [5.41, 5.74) is 0. The molecule has 2 saturated heterocycles. The zero-order valence-electron chi connectivity index (χ0n) is 15.0. The minimum Gasteiger partial charge on any atom is -0.469 e. The van der Waals surface area contributed by atoms with Crippen LogP contribution in [-0.4, -0.2) is 73.0 Å². The van der Waals surface area contributed by atoms with Gasteiger partial charge in [0.1, 0.15) is 6.04 Å². The lowest BCUT2D eigenvalue weighted by Gasteiger charge is -2.45. The van der Waals surface area contributed by atoms with Crippen molar-refractivity contribution in [1.82, 2.24) is 15.1 Å². The van der Waals surface area contributed by atoms with Crippen molar-refractivity contribution in [2.75, 3.05) is 33.3 Å². The second-order valence-corrected chi connectivity index (χ2v) is 7.40. The number of piperazine rings is 1. The lowest BCUT2D eigenvalue weighted by molar-refractivity contribution is -0.148. The van der Waals surface area contributed by atoms with Crippen molar-refractivity contribution < 1.29 is 19.1 Å². The number of nitrogens with one attached hydrogen (secondary N) is 1. The summed E-state index contributed by atoms with van der Waals surface area (Å²) in [6.45, 7) is 2.12. The number of fused-ring (bicyclic) bond motifs is 1. The summed E-state index contributed by atoms with van der Waals surface area (Å²) in [7, 11) is 1.31. The minimum absolute atomic E-state index is 0.0122. The van der Waals surface area contributed by atoms with E-state index in [0.717, 1.165) is 19.4 Å². The molecule has 2 heterocycles. The van der Waals surface area contributed by atoms with Crippen LogP contribution in [0.3, 0.4) is 0 Å². The van der Waals surface area contributed by atoms with Gasteiger partial charge < -0.3 is 15.0 Å². The van der Waals surface area contributed by atoms with Gasteiger partial charge >= 0.3 is 5.97 Å². The molecule has 3 unspecified atom stereocenters. The highest BCUT2D eigenvalue weighted by molar-refractivity contribution is 5.88. The molecule has 0 radical (unpaired) electrons. The van der Waals surface area contributed by atoms with Gasteiger partial charge in [-0.15, -0.1) is 0 Å². The van der Waals surface area contributed by atoms with E-state index in [2.05, 4.69) is 10.2 Å². The zero-order valence-corrected chi connectivity index (χ0v) is 15.0. The first-order chi connectivity index (χ1) is 12.1. The van der Waals surface area contributed by atoms with Gasteiger partial charge in [-0.25, -0.2) is 0 Å². The number of esters is 1. The first-order valence-corrected chi connectivity index (χ1v) is 9.48. The molecule has 2 amide bonds. The number of methoxy groups -OCH3 is 1. The van der Waals surface area contributed by atoms with Gasteiger partial charge in [0.05, 0.1) is 20.1 Å². The summed E-state index contributed by atoms with van der Waals surface area (Å²) in [5, 5.41) is 2.78.